The zero-order chi connectivity index (χ0) is 26.9. The quantitative estimate of drug-likeness (QED) is 0.387. The first kappa shape index (κ1) is 26.9. The van der Waals surface area contributed by atoms with Crippen LogP contribution in [-0.4, -0.2) is 49.6 Å². The van der Waals surface area contributed by atoms with Crippen molar-refractivity contribution in [3.63, 3.8) is 0 Å². The van der Waals surface area contributed by atoms with Crippen LogP contribution in [-0.2, 0) is 25.5 Å². The van der Waals surface area contributed by atoms with Gasteiger partial charge in [0.2, 0.25) is 11.8 Å². The van der Waals surface area contributed by atoms with Gasteiger partial charge in [-0.2, -0.15) is 0 Å². The lowest BCUT2D eigenvalue weighted by Crippen LogP contribution is -2.42. The highest BCUT2D eigenvalue weighted by molar-refractivity contribution is 6.04. The van der Waals surface area contributed by atoms with Gasteiger partial charge in [0, 0.05) is 31.2 Å². The molecule has 0 aliphatic carbocycles. The third kappa shape index (κ3) is 6.71. The number of likely N-dealkylation sites (N-methyl/N-ethyl adjacent to an activating group) is 1. The molecule has 192 valence electrons. The van der Waals surface area contributed by atoms with Gasteiger partial charge in [-0.1, -0.05) is 48.5 Å². The summed E-state index contributed by atoms with van der Waals surface area (Å²) in [6.07, 6.45) is -1.73. The molecule has 0 radical (unpaired) electrons. The summed E-state index contributed by atoms with van der Waals surface area (Å²) in [7, 11) is 2.85. The molecule has 4 N–H and O–H groups in total. The number of methoxy groups -OCH3 is 1. The smallest absolute Gasteiger partial charge is 0.337 e. The number of amides is 4. The van der Waals surface area contributed by atoms with Crippen molar-refractivity contribution in [2.24, 2.45) is 5.73 Å². The van der Waals surface area contributed by atoms with Crippen molar-refractivity contribution in [2.45, 2.75) is 12.5 Å². The normalized spacial score (nSPS) is 11.3. The van der Waals surface area contributed by atoms with Crippen molar-refractivity contribution in [2.75, 3.05) is 35.8 Å². The first-order valence-electron chi connectivity index (χ1n) is 11.3. The SMILES string of the molecule is COC(C(=O)O)c1cccc(NC(N)=O)c1CC(=O)N(CC(=O)N(C)c1ccccc1)c1ccccc1. The molecule has 3 rings (SSSR count). The third-order valence-electron chi connectivity index (χ3n) is 5.72. The highest BCUT2D eigenvalue weighted by atomic mass is 16.5. The Morgan fingerprint density at radius 1 is 0.892 bits per heavy atom. The number of urea groups is 1. The molecule has 10 heteroatoms. The topological polar surface area (TPSA) is 142 Å². The number of primary amides is 1. The van der Waals surface area contributed by atoms with E-state index in [-0.39, 0.29) is 35.7 Å². The first-order valence-corrected chi connectivity index (χ1v) is 11.3. The molecule has 1 unspecified atom stereocenters. The van der Waals surface area contributed by atoms with Crippen molar-refractivity contribution < 1.29 is 29.0 Å². The third-order valence-corrected chi connectivity index (χ3v) is 5.72. The Bertz CT molecular complexity index is 1270. The van der Waals surface area contributed by atoms with Gasteiger partial charge in [0.25, 0.3) is 0 Å². The van der Waals surface area contributed by atoms with Crippen LogP contribution < -0.4 is 20.9 Å². The molecule has 0 spiro atoms. The van der Waals surface area contributed by atoms with E-state index >= 15 is 0 Å². The minimum Gasteiger partial charge on any atom is -0.479 e. The van der Waals surface area contributed by atoms with Crippen LogP contribution in [0.3, 0.4) is 0 Å². The number of aliphatic carboxylic acids is 1. The summed E-state index contributed by atoms with van der Waals surface area (Å²) in [6.45, 7) is -0.276. The molecular formula is C27H28N4O6. The van der Waals surface area contributed by atoms with Crippen molar-refractivity contribution in [1.82, 2.24) is 0 Å². The van der Waals surface area contributed by atoms with E-state index in [4.69, 9.17) is 10.5 Å². The molecule has 0 saturated carbocycles. The molecule has 0 aromatic heterocycles. The fourth-order valence-corrected chi connectivity index (χ4v) is 3.87. The van der Waals surface area contributed by atoms with Crippen molar-refractivity contribution in [3.8, 4) is 0 Å². The number of carbonyl (C=O) groups excluding carboxylic acids is 3. The lowest BCUT2D eigenvalue weighted by atomic mass is 9.97. The number of carboxylic acids is 1. The predicted molar refractivity (Wildman–Crippen MR) is 139 cm³/mol. The number of hydrogen-bond donors (Lipinski definition) is 3. The highest BCUT2D eigenvalue weighted by Crippen LogP contribution is 2.29. The molecular weight excluding hydrogens is 476 g/mol. The van der Waals surface area contributed by atoms with E-state index < -0.39 is 24.0 Å². The largest absolute Gasteiger partial charge is 0.479 e. The maximum Gasteiger partial charge on any atom is 0.337 e. The number of para-hydroxylation sites is 2. The van der Waals surface area contributed by atoms with E-state index in [1.165, 1.54) is 35.1 Å². The van der Waals surface area contributed by atoms with Crippen LogP contribution in [0.15, 0.2) is 78.9 Å². The number of nitrogens with two attached hydrogens (primary N) is 1. The zero-order valence-corrected chi connectivity index (χ0v) is 20.5. The van der Waals surface area contributed by atoms with Gasteiger partial charge in [-0.05, 0) is 41.5 Å². The van der Waals surface area contributed by atoms with Crippen LogP contribution >= 0.6 is 0 Å². The monoisotopic (exact) mass is 504 g/mol. The minimum atomic E-state index is -1.39. The molecule has 0 bridgehead atoms. The van der Waals surface area contributed by atoms with E-state index in [1.807, 2.05) is 6.07 Å². The summed E-state index contributed by atoms with van der Waals surface area (Å²) in [4.78, 5) is 53.1. The fraction of sp³-hybridized carbons (Fsp3) is 0.185. The summed E-state index contributed by atoms with van der Waals surface area (Å²) in [5.74, 6) is -2.11. The van der Waals surface area contributed by atoms with Gasteiger partial charge in [0.05, 0.1) is 6.42 Å². The summed E-state index contributed by atoms with van der Waals surface area (Å²) < 4.78 is 5.14. The number of anilines is 3. The maximum absolute atomic E-state index is 13.7. The second kappa shape index (κ2) is 12.3. The number of carbonyl (C=O) groups is 4. The van der Waals surface area contributed by atoms with Gasteiger partial charge in [0.1, 0.15) is 6.54 Å². The molecule has 10 nitrogen and oxygen atoms in total. The summed E-state index contributed by atoms with van der Waals surface area (Å²) in [5.41, 5.74) is 7.00. The Morgan fingerprint density at radius 3 is 2.03 bits per heavy atom. The molecule has 0 fully saturated rings. The Hall–Kier alpha value is -4.70. The highest BCUT2D eigenvalue weighted by Gasteiger charge is 2.28. The standard InChI is InChI=1S/C27H28N4O6/c1-30(18-10-5-3-6-11-18)24(33)17-31(19-12-7-4-8-13-19)23(32)16-21-20(25(37-2)26(34)35)14-9-15-22(21)29-27(28)36/h3-15,25H,16-17H2,1-2H3,(H,34,35)(H3,28,29,36). The number of nitrogens with zero attached hydrogens (tertiary/aromatic N) is 2. The van der Waals surface area contributed by atoms with Crippen molar-refractivity contribution in [3.05, 3.63) is 90.0 Å². The summed E-state index contributed by atoms with van der Waals surface area (Å²) in [6, 6.07) is 21.3. The number of nitrogens with one attached hydrogen (secondary N) is 1. The van der Waals surface area contributed by atoms with Crippen LogP contribution in [0.2, 0.25) is 0 Å². The number of rotatable bonds is 10. The lowest BCUT2D eigenvalue weighted by Gasteiger charge is -2.27. The summed E-state index contributed by atoms with van der Waals surface area (Å²) >= 11 is 0. The van der Waals surface area contributed by atoms with E-state index in [9.17, 15) is 24.3 Å². The minimum absolute atomic E-state index is 0.169. The second-order valence-corrected chi connectivity index (χ2v) is 8.10. The lowest BCUT2D eigenvalue weighted by molar-refractivity contribution is -0.149. The van der Waals surface area contributed by atoms with Gasteiger partial charge in [0.15, 0.2) is 6.10 Å². The van der Waals surface area contributed by atoms with Crippen LogP contribution in [0.1, 0.15) is 17.2 Å². The molecule has 0 aliphatic rings. The second-order valence-electron chi connectivity index (χ2n) is 8.10. The molecule has 4 amide bonds. The van der Waals surface area contributed by atoms with E-state index in [2.05, 4.69) is 5.32 Å². The van der Waals surface area contributed by atoms with Gasteiger partial charge in [-0.15, -0.1) is 0 Å². The van der Waals surface area contributed by atoms with Gasteiger partial charge < -0.3 is 30.7 Å². The van der Waals surface area contributed by atoms with E-state index in [0.29, 0.717) is 11.4 Å². The molecule has 0 saturated heterocycles. The predicted octanol–water partition coefficient (Wildman–Crippen LogP) is 3.19. The van der Waals surface area contributed by atoms with Gasteiger partial charge in [-0.3, -0.25) is 9.59 Å². The van der Waals surface area contributed by atoms with E-state index in [0.717, 1.165) is 0 Å². The van der Waals surface area contributed by atoms with E-state index in [1.54, 1.807) is 61.6 Å². The van der Waals surface area contributed by atoms with Gasteiger partial charge >= 0.3 is 12.0 Å². The van der Waals surface area contributed by atoms with Crippen LogP contribution in [0.25, 0.3) is 0 Å². The zero-order valence-electron chi connectivity index (χ0n) is 20.5. The average molecular weight is 505 g/mol. The van der Waals surface area contributed by atoms with Crippen LogP contribution in [0, 0.1) is 0 Å². The number of hydrogen-bond acceptors (Lipinski definition) is 5. The maximum atomic E-state index is 13.7. The number of benzene rings is 3. The van der Waals surface area contributed by atoms with Gasteiger partial charge in [-0.25, -0.2) is 9.59 Å². The van der Waals surface area contributed by atoms with Crippen LogP contribution in [0.4, 0.5) is 21.9 Å². The molecule has 0 aliphatic heterocycles. The Balaban J connectivity index is 1.99. The molecule has 0 heterocycles. The molecule has 3 aromatic rings. The Labute approximate surface area is 214 Å². The average Bonchev–Trinajstić information content (AvgIpc) is 2.89. The molecule has 1 atom stereocenters. The fourth-order valence-electron chi connectivity index (χ4n) is 3.87. The summed E-state index contributed by atoms with van der Waals surface area (Å²) in [5, 5.41) is 12.1. The number of carboxylic acid groups (broad SMARTS) is 1. The van der Waals surface area contributed by atoms with Crippen molar-refractivity contribution in [1.29, 1.82) is 0 Å². The van der Waals surface area contributed by atoms with Crippen molar-refractivity contribution >= 4 is 40.9 Å². The van der Waals surface area contributed by atoms with Crippen LogP contribution in [0.5, 0.6) is 0 Å². The Morgan fingerprint density at radius 2 is 1.49 bits per heavy atom. The molecule has 3 aromatic carbocycles. The number of ether oxygens (including phenoxy) is 1. The first-order chi connectivity index (χ1) is 17.7. The Kier molecular flexibility index (Phi) is 8.95. The molecule has 37 heavy (non-hydrogen) atoms.